The molecule has 0 saturated heterocycles. The van der Waals surface area contributed by atoms with E-state index in [1.807, 2.05) is 26.0 Å². The molecule has 6 heteroatoms. The fourth-order valence-corrected chi connectivity index (χ4v) is 10.9. The summed E-state index contributed by atoms with van der Waals surface area (Å²) in [6, 6.07) is 0. The molecule has 0 aliphatic heterocycles. The van der Waals surface area contributed by atoms with Gasteiger partial charge in [0.1, 0.15) is 0 Å². The van der Waals surface area contributed by atoms with Gasteiger partial charge < -0.3 is 9.32 Å². The molecule has 220 valence electrons. The molecule has 5 aliphatic carbocycles. The Hall–Kier alpha value is -2.55. The van der Waals surface area contributed by atoms with Crippen LogP contribution >= 0.6 is 0 Å². The van der Waals surface area contributed by atoms with Gasteiger partial charge in [-0.25, -0.2) is 4.85 Å². The van der Waals surface area contributed by atoms with Crippen molar-refractivity contribution in [3.63, 3.8) is 0 Å². The van der Waals surface area contributed by atoms with E-state index in [1.54, 1.807) is 0 Å². The minimum atomic E-state index is -0.634. The Morgan fingerprint density at radius 1 is 1.02 bits per heavy atom. The second-order valence-electron chi connectivity index (χ2n) is 16.1. The van der Waals surface area contributed by atoms with Crippen LogP contribution in [0.25, 0.3) is 4.85 Å². The molecule has 8 atom stereocenters. The van der Waals surface area contributed by atoms with Crippen LogP contribution in [-0.4, -0.2) is 21.7 Å². The van der Waals surface area contributed by atoms with Crippen molar-refractivity contribution in [2.45, 2.75) is 113 Å². The van der Waals surface area contributed by atoms with Crippen LogP contribution in [0.3, 0.4) is 0 Å². The number of Topliss-reactive ketones (excluding diaryl/α,β-unsaturated/α-hetero) is 1. The highest BCUT2D eigenvalue weighted by Gasteiger charge is 2.68. The van der Waals surface area contributed by atoms with E-state index in [2.05, 4.69) is 51.5 Å². The second-order valence-corrected chi connectivity index (χ2v) is 16.1. The van der Waals surface area contributed by atoms with E-state index in [4.69, 9.17) is 16.1 Å². The number of carbonyl (C=O) groups is 2. The van der Waals surface area contributed by atoms with E-state index in [1.165, 1.54) is 0 Å². The highest BCUT2D eigenvalue weighted by molar-refractivity contribution is 6.03. The van der Waals surface area contributed by atoms with E-state index in [0.717, 1.165) is 68.7 Å². The molecule has 0 radical (unpaired) electrons. The summed E-state index contributed by atoms with van der Waals surface area (Å²) in [5.41, 5.74) is -0.0264. The number of ketones is 2. The molecule has 6 rings (SSSR count). The normalized spacial score (nSPS) is 42.6. The number of rotatable bonds is 3. The van der Waals surface area contributed by atoms with Crippen molar-refractivity contribution < 1.29 is 14.1 Å². The van der Waals surface area contributed by atoms with E-state index in [-0.39, 0.29) is 57.2 Å². The number of aromatic nitrogens is 2. The third kappa shape index (κ3) is 3.79. The molecule has 1 heterocycles. The molecular formula is C35H47N3O3. The third-order valence-corrected chi connectivity index (χ3v) is 12.9. The first-order valence-corrected chi connectivity index (χ1v) is 15.9. The summed E-state index contributed by atoms with van der Waals surface area (Å²) < 4.78 is 5.90. The lowest BCUT2D eigenvalue weighted by Gasteiger charge is -2.68. The first-order chi connectivity index (χ1) is 19.1. The van der Waals surface area contributed by atoms with E-state index >= 15 is 0 Å². The molecule has 1 aromatic rings. The number of nitrogens with zero attached hydrogens (tertiary/aromatic N) is 3. The maximum atomic E-state index is 14.5. The summed E-state index contributed by atoms with van der Waals surface area (Å²) >= 11 is 0. The zero-order valence-corrected chi connectivity index (χ0v) is 26.3. The van der Waals surface area contributed by atoms with Crippen molar-refractivity contribution in [1.82, 2.24) is 10.1 Å². The topological polar surface area (TPSA) is 77.4 Å². The highest BCUT2D eigenvalue weighted by atomic mass is 16.5. The fraction of sp³-hybridized carbons (Fsp3) is 0.743. The number of fused-ring (bicyclic) bond motifs is 7. The van der Waals surface area contributed by atoms with Gasteiger partial charge in [-0.1, -0.05) is 72.2 Å². The standard InChI is InChI=1S/C35H47N3O3/c1-10-11-27-37-30(41-38-27)22-18-31(2,3)17-21-20(22)12-14-35(8)28(21)24(39)16-26-33(6)19-23(36-9)29(40)32(4,5)25(33)13-15-34(26,35)7/h16,19-22,25,28H,10-15,17-18H2,1-8H3/t20?,21-,22-,25+,28+,33+,34-,35-/m1/s1. The van der Waals surface area contributed by atoms with Gasteiger partial charge in [0.2, 0.25) is 11.6 Å². The summed E-state index contributed by atoms with van der Waals surface area (Å²) in [6.07, 6.45) is 11.7. The van der Waals surface area contributed by atoms with Gasteiger partial charge in [0, 0.05) is 29.1 Å². The van der Waals surface area contributed by atoms with Crippen molar-refractivity contribution in [1.29, 1.82) is 0 Å². The average molecular weight is 558 g/mol. The third-order valence-electron chi connectivity index (χ3n) is 12.9. The van der Waals surface area contributed by atoms with Gasteiger partial charge in [-0.3, -0.25) is 4.79 Å². The summed E-state index contributed by atoms with van der Waals surface area (Å²) in [5.74, 6) is 2.57. The minimum Gasteiger partial charge on any atom is -0.339 e. The predicted octanol–water partition coefficient (Wildman–Crippen LogP) is 7.92. The average Bonchev–Trinajstić information content (AvgIpc) is 3.35. The van der Waals surface area contributed by atoms with Gasteiger partial charge in [-0.2, -0.15) is 4.98 Å². The molecular weight excluding hydrogens is 510 g/mol. The number of carbonyl (C=O) groups excluding carboxylic acids is 2. The van der Waals surface area contributed by atoms with Crippen molar-refractivity contribution >= 4 is 11.6 Å². The zero-order chi connectivity index (χ0) is 29.8. The lowest BCUT2D eigenvalue weighted by molar-refractivity contribution is -0.157. The lowest BCUT2D eigenvalue weighted by Crippen LogP contribution is -2.63. The Morgan fingerprint density at radius 2 is 1.76 bits per heavy atom. The Balaban J connectivity index is 1.45. The van der Waals surface area contributed by atoms with Crippen LogP contribution < -0.4 is 0 Å². The summed E-state index contributed by atoms with van der Waals surface area (Å²) in [4.78, 5) is 36.4. The molecule has 0 bridgehead atoms. The van der Waals surface area contributed by atoms with Crippen molar-refractivity contribution in [2.24, 2.45) is 50.7 Å². The SMILES string of the molecule is [C-]#[N+]C1=C[C@]2(C)C3=CC(=O)[C@@H]4[C@@H]5CC(C)(C)C[C@@H](c6nc(CCC)no6)C5CC[C@@]4(C)[C@]3(C)CC[C@H]2C(C)(C)C1=O. The number of allylic oxidation sites excluding steroid dienone is 4. The molecule has 0 spiro atoms. The van der Waals surface area contributed by atoms with Crippen molar-refractivity contribution in [3.05, 3.63) is 46.6 Å². The van der Waals surface area contributed by atoms with Gasteiger partial charge in [0.25, 0.3) is 0 Å². The molecule has 0 amide bonds. The molecule has 3 saturated carbocycles. The second kappa shape index (κ2) is 8.98. The van der Waals surface area contributed by atoms with Crippen LogP contribution in [0.5, 0.6) is 0 Å². The molecule has 1 aromatic heterocycles. The monoisotopic (exact) mass is 557 g/mol. The molecule has 41 heavy (non-hydrogen) atoms. The maximum Gasteiger partial charge on any atom is 0.230 e. The summed E-state index contributed by atoms with van der Waals surface area (Å²) in [5, 5.41) is 4.30. The smallest absolute Gasteiger partial charge is 0.230 e. The molecule has 6 nitrogen and oxygen atoms in total. The van der Waals surface area contributed by atoms with Crippen LogP contribution in [-0.2, 0) is 16.0 Å². The van der Waals surface area contributed by atoms with E-state index in [9.17, 15) is 9.59 Å². The van der Waals surface area contributed by atoms with Gasteiger partial charge in [-0.05, 0) is 85.0 Å². The molecule has 0 aromatic carbocycles. The molecule has 5 aliphatic rings. The molecule has 3 fully saturated rings. The first kappa shape index (κ1) is 28.6. The van der Waals surface area contributed by atoms with Gasteiger partial charge in [0.05, 0.1) is 6.57 Å². The van der Waals surface area contributed by atoms with Crippen molar-refractivity contribution in [3.8, 4) is 0 Å². The number of hydrogen-bond acceptors (Lipinski definition) is 5. The summed E-state index contributed by atoms with van der Waals surface area (Å²) in [6.45, 7) is 25.6. The maximum absolute atomic E-state index is 14.5. The number of aryl methyl sites for hydroxylation is 1. The lowest BCUT2D eigenvalue weighted by atomic mass is 9.35. The van der Waals surface area contributed by atoms with Crippen LogP contribution in [0.1, 0.15) is 118 Å². The van der Waals surface area contributed by atoms with Gasteiger partial charge in [0.15, 0.2) is 17.4 Å². The Morgan fingerprint density at radius 3 is 2.44 bits per heavy atom. The van der Waals surface area contributed by atoms with Crippen LogP contribution in [0, 0.1) is 57.3 Å². The quantitative estimate of drug-likeness (QED) is 0.353. The van der Waals surface area contributed by atoms with Crippen LogP contribution in [0.4, 0.5) is 0 Å². The summed E-state index contributed by atoms with van der Waals surface area (Å²) in [7, 11) is 0. The Bertz CT molecular complexity index is 1410. The number of hydrogen-bond donors (Lipinski definition) is 0. The largest absolute Gasteiger partial charge is 0.339 e. The Kier molecular flexibility index (Phi) is 6.25. The van der Waals surface area contributed by atoms with Gasteiger partial charge >= 0.3 is 0 Å². The van der Waals surface area contributed by atoms with Crippen LogP contribution in [0.15, 0.2) is 27.9 Å². The molecule has 1 unspecified atom stereocenters. The van der Waals surface area contributed by atoms with E-state index in [0.29, 0.717) is 5.92 Å². The highest BCUT2D eigenvalue weighted by Crippen LogP contribution is 2.73. The van der Waals surface area contributed by atoms with E-state index < -0.39 is 10.8 Å². The van der Waals surface area contributed by atoms with Crippen LogP contribution in [0.2, 0.25) is 0 Å². The first-order valence-electron chi connectivity index (χ1n) is 15.9. The minimum absolute atomic E-state index is 0.0514. The zero-order valence-electron chi connectivity index (χ0n) is 26.3. The predicted molar refractivity (Wildman–Crippen MR) is 157 cm³/mol. The van der Waals surface area contributed by atoms with Crippen molar-refractivity contribution in [2.75, 3.05) is 0 Å². The molecule has 0 N–H and O–H groups in total. The Labute approximate surface area is 245 Å². The van der Waals surface area contributed by atoms with Gasteiger partial charge in [-0.15, -0.1) is 0 Å². The fourth-order valence-electron chi connectivity index (χ4n) is 10.9.